The van der Waals surface area contributed by atoms with E-state index >= 15 is 0 Å². The molecule has 19 heavy (non-hydrogen) atoms. The lowest BCUT2D eigenvalue weighted by Crippen LogP contribution is -2.25. The molecule has 0 amide bonds. The van der Waals surface area contributed by atoms with E-state index in [9.17, 15) is 0 Å². The highest BCUT2D eigenvalue weighted by Gasteiger charge is 2.28. The summed E-state index contributed by atoms with van der Waals surface area (Å²) in [5.41, 5.74) is 2.68. The van der Waals surface area contributed by atoms with Crippen molar-refractivity contribution >= 4 is 5.84 Å². The highest BCUT2D eigenvalue weighted by Crippen LogP contribution is 2.32. The Morgan fingerprint density at radius 1 is 1.16 bits per heavy atom. The highest BCUT2D eigenvalue weighted by molar-refractivity contribution is 5.91. The zero-order valence-corrected chi connectivity index (χ0v) is 11.1. The van der Waals surface area contributed by atoms with Gasteiger partial charge in [-0.15, -0.1) is 0 Å². The van der Waals surface area contributed by atoms with E-state index in [0.29, 0.717) is 11.8 Å². The largest absolute Gasteiger partial charge is 0.350 e. The third-order valence-corrected chi connectivity index (χ3v) is 3.69. The summed E-state index contributed by atoms with van der Waals surface area (Å²) in [5.74, 6) is 1.82. The summed E-state index contributed by atoms with van der Waals surface area (Å²) in [6.07, 6.45) is 8.27. The zero-order chi connectivity index (χ0) is 13.1. The third-order valence-electron chi connectivity index (χ3n) is 3.69. The van der Waals surface area contributed by atoms with Gasteiger partial charge < -0.3 is 10.6 Å². The molecule has 3 rings (SSSR count). The second-order valence-corrected chi connectivity index (χ2v) is 4.93. The Morgan fingerprint density at radius 3 is 2.79 bits per heavy atom. The van der Waals surface area contributed by atoms with Crippen molar-refractivity contribution in [3.8, 4) is 0 Å². The van der Waals surface area contributed by atoms with Crippen LogP contribution in [0.4, 0.5) is 0 Å². The average Bonchev–Trinajstić information content (AvgIpc) is 2.94. The van der Waals surface area contributed by atoms with Crippen molar-refractivity contribution in [3.05, 3.63) is 59.9 Å². The molecular formula is C16H19N3. The molecule has 2 atom stereocenters. The molecule has 2 heterocycles. The van der Waals surface area contributed by atoms with Crippen LogP contribution in [-0.2, 0) is 6.54 Å². The minimum Gasteiger partial charge on any atom is -0.350 e. The Bertz CT molecular complexity index is 525. The summed E-state index contributed by atoms with van der Waals surface area (Å²) in [7, 11) is 0. The van der Waals surface area contributed by atoms with Gasteiger partial charge in [-0.05, 0) is 23.9 Å². The van der Waals surface area contributed by atoms with E-state index in [4.69, 9.17) is 0 Å². The minimum absolute atomic E-state index is 0.365. The fraction of sp³-hybridized carbons (Fsp3) is 0.312. The van der Waals surface area contributed by atoms with Crippen LogP contribution in [0.1, 0.15) is 24.0 Å². The lowest BCUT2D eigenvalue weighted by atomic mass is 9.84. The van der Waals surface area contributed by atoms with Crippen molar-refractivity contribution in [1.29, 1.82) is 0 Å². The van der Waals surface area contributed by atoms with Crippen LogP contribution in [0.5, 0.6) is 0 Å². The molecule has 0 spiro atoms. The SMILES string of the molecule is CCNCc1ccc(C2C=CN=C3NC=CC32)cc1. The maximum Gasteiger partial charge on any atom is 0.113 e. The summed E-state index contributed by atoms with van der Waals surface area (Å²) >= 11 is 0. The first-order chi connectivity index (χ1) is 9.38. The summed E-state index contributed by atoms with van der Waals surface area (Å²) in [6.45, 7) is 4.07. The van der Waals surface area contributed by atoms with Gasteiger partial charge >= 0.3 is 0 Å². The van der Waals surface area contributed by atoms with Crippen LogP contribution in [0.2, 0.25) is 0 Å². The molecule has 2 aliphatic heterocycles. The third kappa shape index (κ3) is 2.47. The van der Waals surface area contributed by atoms with Crippen LogP contribution < -0.4 is 10.6 Å². The molecule has 0 bridgehead atoms. The van der Waals surface area contributed by atoms with Gasteiger partial charge in [-0.1, -0.05) is 43.3 Å². The molecule has 3 heteroatoms. The van der Waals surface area contributed by atoms with E-state index in [-0.39, 0.29) is 0 Å². The van der Waals surface area contributed by atoms with E-state index < -0.39 is 0 Å². The standard InChI is InChI=1S/C16H19N3/c1-2-17-11-12-3-5-13(6-4-12)14-7-9-18-16-15(14)8-10-19-16/h3-10,14-15,17H,2,11H2,1H3,(H,18,19). The van der Waals surface area contributed by atoms with Gasteiger partial charge in [0.2, 0.25) is 0 Å². The number of nitrogens with one attached hydrogen (secondary N) is 2. The lowest BCUT2D eigenvalue weighted by Gasteiger charge is -2.22. The van der Waals surface area contributed by atoms with Crippen molar-refractivity contribution in [2.45, 2.75) is 19.4 Å². The number of hydrogen-bond donors (Lipinski definition) is 2. The average molecular weight is 253 g/mol. The normalized spacial score (nSPS) is 23.9. The topological polar surface area (TPSA) is 36.4 Å². The highest BCUT2D eigenvalue weighted by atomic mass is 15.0. The van der Waals surface area contributed by atoms with Crippen molar-refractivity contribution in [1.82, 2.24) is 10.6 Å². The molecule has 2 N–H and O–H groups in total. The predicted octanol–water partition coefficient (Wildman–Crippen LogP) is 2.54. The predicted molar refractivity (Wildman–Crippen MR) is 78.9 cm³/mol. The molecule has 1 aromatic carbocycles. The van der Waals surface area contributed by atoms with Gasteiger partial charge in [0.15, 0.2) is 0 Å². The smallest absolute Gasteiger partial charge is 0.113 e. The second kappa shape index (κ2) is 5.41. The number of nitrogens with zero attached hydrogens (tertiary/aromatic N) is 1. The van der Waals surface area contributed by atoms with Gasteiger partial charge in [0.05, 0.1) is 0 Å². The number of rotatable bonds is 4. The van der Waals surface area contributed by atoms with Gasteiger partial charge in [0, 0.05) is 24.6 Å². The maximum absolute atomic E-state index is 4.38. The van der Waals surface area contributed by atoms with Gasteiger partial charge in [-0.2, -0.15) is 0 Å². The quantitative estimate of drug-likeness (QED) is 0.865. The molecule has 1 aromatic rings. The Morgan fingerprint density at radius 2 is 2.00 bits per heavy atom. The fourth-order valence-corrected chi connectivity index (χ4v) is 2.62. The number of fused-ring (bicyclic) bond motifs is 1. The molecule has 0 aliphatic carbocycles. The van der Waals surface area contributed by atoms with Gasteiger partial charge in [0.25, 0.3) is 0 Å². The molecule has 0 saturated heterocycles. The van der Waals surface area contributed by atoms with E-state index in [1.165, 1.54) is 11.1 Å². The fourth-order valence-electron chi connectivity index (χ4n) is 2.62. The number of benzene rings is 1. The molecule has 0 aromatic heterocycles. The second-order valence-electron chi connectivity index (χ2n) is 4.93. The molecule has 0 saturated carbocycles. The zero-order valence-electron chi connectivity index (χ0n) is 11.1. The van der Waals surface area contributed by atoms with Gasteiger partial charge in [-0.3, -0.25) is 0 Å². The molecule has 2 unspecified atom stereocenters. The Labute approximate surface area is 114 Å². The molecular weight excluding hydrogens is 234 g/mol. The number of allylic oxidation sites excluding steroid dienone is 1. The minimum atomic E-state index is 0.365. The first kappa shape index (κ1) is 12.2. The van der Waals surface area contributed by atoms with Crippen molar-refractivity contribution < 1.29 is 0 Å². The van der Waals surface area contributed by atoms with Crippen molar-refractivity contribution in [3.63, 3.8) is 0 Å². The molecule has 3 nitrogen and oxygen atoms in total. The van der Waals surface area contributed by atoms with Gasteiger partial charge in [-0.25, -0.2) is 4.99 Å². The van der Waals surface area contributed by atoms with Crippen molar-refractivity contribution in [2.75, 3.05) is 6.54 Å². The van der Waals surface area contributed by atoms with Crippen LogP contribution in [0.15, 0.2) is 53.8 Å². The van der Waals surface area contributed by atoms with Crippen LogP contribution in [0.3, 0.4) is 0 Å². The summed E-state index contributed by atoms with van der Waals surface area (Å²) < 4.78 is 0. The van der Waals surface area contributed by atoms with Crippen LogP contribution in [0.25, 0.3) is 0 Å². The Hall–Kier alpha value is -1.87. The van der Waals surface area contributed by atoms with Gasteiger partial charge in [0.1, 0.15) is 5.84 Å². The van der Waals surface area contributed by atoms with Crippen LogP contribution in [0, 0.1) is 5.92 Å². The molecule has 0 fully saturated rings. The van der Waals surface area contributed by atoms with E-state index in [2.05, 4.69) is 59.0 Å². The Kier molecular flexibility index (Phi) is 3.47. The summed E-state index contributed by atoms with van der Waals surface area (Å²) in [6, 6.07) is 8.89. The lowest BCUT2D eigenvalue weighted by molar-refractivity contribution is 0.719. The first-order valence-corrected chi connectivity index (χ1v) is 6.85. The number of amidine groups is 1. The maximum atomic E-state index is 4.38. The summed E-state index contributed by atoms with van der Waals surface area (Å²) in [4.78, 5) is 4.38. The molecule has 2 aliphatic rings. The van der Waals surface area contributed by atoms with E-state index in [0.717, 1.165) is 18.9 Å². The van der Waals surface area contributed by atoms with Crippen molar-refractivity contribution in [2.24, 2.45) is 10.9 Å². The van der Waals surface area contributed by atoms with E-state index in [1.807, 2.05) is 12.4 Å². The monoisotopic (exact) mass is 253 g/mol. The molecule has 98 valence electrons. The molecule has 0 radical (unpaired) electrons. The number of aliphatic imine (C=N–C) groups is 1. The number of hydrogen-bond acceptors (Lipinski definition) is 3. The van der Waals surface area contributed by atoms with Crippen LogP contribution in [-0.4, -0.2) is 12.4 Å². The van der Waals surface area contributed by atoms with Crippen LogP contribution >= 0.6 is 0 Å². The first-order valence-electron chi connectivity index (χ1n) is 6.85. The Balaban J connectivity index is 1.77. The summed E-state index contributed by atoms with van der Waals surface area (Å²) in [5, 5.41) is 6.55. The van der Waals surface area contributed by atoms with E-state index in [1.54, 1.807) is 0 Å².